The van der Waals surface area contributed by atoms with Crippen LogP contribution in [0.4, 0.5) is 0 Å². The molecule has 9 rings (SSSR count). The van der Waals surface area contributed by atoms with Crippen LogP contribution in [0.3, 0.4) is 0 Å². The fourth-order valence-corrected chi connectivity index (χ4v) is 9.63. The Morgan fingerprint density at radius 3 is 1.83 bits per heavy atom. The molecule has 6 nitrogen and oxygen atoms in total. The number of hydrogen-bond acceptors (Lipinski definition) is 6. The normalized spacial score (nSPS) is 23.6. The summed E-state index contributed by atoms with van der Waals surface area (Å²) in [5.41, 5.74) is 6.93. The number of para-hydroxylation sites is 1. The number of carbonyl (C=O) groups excluding carboxylic acids is 1. The standard InChI is InChI=1S/C39H38O6S/c40-39(45-33-22-23-34(46(41,42)43)26-15-5-4-14-25(26)33)38-36-29-18-8-6-16-27(29)35(28-17-7-9-19-30(28)36)37(38)31-20-10-11-21-32(31)44-24-12-2-1-3-13-24/h6-11,16-24,35-38H,1-5,12-15H2,(H,41,42,43)/p-1. The van der Waals surface area contributed by atoms with Crippen molar-refractivity contribution in [2.45, 2.75) is 86.5 Å². The van der Waals surface area contributed by atoms with E-state index in [-0.39, 0.29) is 34.7 Å². The average Bonchev–Trinajstić information content (AvgIpc) is 3.08. The van der Waals surface area contributed by atoms with Crippen molar-refractivity contribution in [1.29, 1.82) is 0 Å². The van der Waals surface area contributed by atoms with E-state index in [1.165, 1.54) is 29.7 Å². The van der Waals surface area contributed by atoms with Gasteiger partial charge in [-0.05, 0) is 109 Å². The van der Waals surface area contributed by atoms with E-state index in [1.54, 1.807) is 0 Å². The molecule has 0 N–H and O–H groups in total. The van der Waals surface area contributed by atoms with E-state index in [0.29, 0.717) is 29.7 Å². The molecule has 7 heteroatoms. The molecule has 5 aliphatic carbocycles. The summed E-state index contributed by atoms with van der Waals surface area (Å²) in [5.74, 6) is -0.236. The Hall–Kier alpha value is -3.94. The zero-order valence-electron chi connectivity index (χ0n) is 25.7. The first-order valence-corrected chi connectivity index (χ1v) is 18.1. The molecule has 0 saturated heterocycles. The third-order valence-electron chi connectivity index (χ3n) is 10.8. The largest absolute Gasteiger partial charge is 0.744 e. The minimum absolute atomic E-state index is 0.0760. The van der Waals surface area contributed by atoms with Crippen molar-refractivity contribution in [3.05, 3.63) is 124 Å². The molecular weight excluding hydrogens is 596 g/mol. The maximum absolute atomic E-state index is 14.8. The summed E-state index contributed by atoms with van der Waals surface area (Å²) in [6, 6.07) is 27.9. The van der Waals surface area contributed by atoms with Crippen LogP contribution in [0, 0.1) is 5.92 Å². The van der Waals surface area contributed by atoms with E-state index in [9.17, 15) is 17.8 Å². The van der Waals surface area contributed by atoms with Crippen LogP contribution in [0.1, 0.15) is 102 Å². The molecule has 1 fully saturated rings. The lowest BCUT2D eigenvalue weighted by Gasteiger charge is -2.50. The van der Waals surface area contributed by atoms with Crippen LogP contribution in [0.15, 0.2) is 89.8 Å². The van der Waals surface area contributed by atoms with Gasteiger partial charge in [0.25, 0.3) is 0 Å². The summed E-state index contributed by atoms with van der Waals surface area (Å²) in [4.78, 5) is 14.6. The van der Waals surface area contributed by atoms with Crippen molar-refractivity contribution < 1.29 is 27.2 Å². The second-order valence-electron chi connectivity index (χ2n) is 13.3. The van der Waals surface area contributed by atoms with Gasteiger partial charge in [-0.1, -0.05) is 73.2 Å². The maximum atomic E-state index is 14.8. The first-order chi connectivity index (χ1) is 22.4. The van der Waals surface area contributed by atoms with Gasteiger partial charge in [0.2, 0.25) is 0 Å². The lowest BCUT2D eigenvalue weighted by Crippen LogP contribution is -2.44. The van der Waals surface area contributed by atoms with E-state index in [1.807, 2.05) is 30.3 Å². The first kappa shape index (κ1) is 29.5. The Kier molecular flexibility index (Phi) is 7.49. The summed E-state index contributed by atoms with van der Waals surface area (Å²) in [6.45, 7) is 0. The van der Waals surface area contributed by atoms with E-state index in [4.69, 9.17) is 9.47 Å². The van der Waals surface area contributed by atoms with E-state index in [2.05, 4.69) is 42.5 Å². The zero-order valence-corrected chi connectivity index (χ0v) is 26.5. The molecule has 0 aliphatic heterocycles. The summed E-state index contributed by atoms with van der Waals surface area (Å²) in [5, 5.41) is 0. The van der Waals surface area contributed by atoms with E-state index < -0.39 is 16.0 Å². The lowest BCUT2D eigenvalue weighted by atomic mass is 9.52. The van der Waals surface area contributed by atoms with Crippen LogP contribution < -0.4 is 9.47 Å². The van der Waals surface area contributed by atoms with Gasteiger partial charge in [-0.3, -0.25) is 4.79 Å². The van der Waals surface area contributed by atoms with Crippen LogP contribution in [0.25, 0.3) is 0 Å². The van der Waals surface area contributed by atoms with Crippen molar-refractivity contribution >= 4 is 16.1 Å². The Labute approximate surface area is 270 Å². The molecule has 0 spiro atoms. The van der Waals surface area contributed by atoms with Gasteiger partial charge in [0.1, 0.15) is 21.6 Å². The third kappa shape index (κ3) is 4.96. The van der Waals surface area contributed by atoms with Gasteiger partial charge in [-0.25, -0.2) is 8.42 Å². The summed E-state index contributed by atoms with van der Waals surface area (Å²) in [7, 11) is -4.65. The highest BCUT2D eigenvalue weighted by molar-refractivity contribution is 7.85. The molecule has 2 atom stereocenters. The molecule has 0 heterocycles. The second-order valence-corrected chi connectivity index (χ2v) is 14.6. The van der Waals surface area contributed by atoms with Gasteiger partial charge in [0.05, 0.1) is 16.9 Å². The first-order valence-electron chi connectivity index (χ1n) is 16.7. The molecule has 2 bridgehead atoms. The molecule has 4 aromatic rings. The van der Waals surface area contributed by atoms with Crippen molar-refractivity contribution in [1.82, 2.24) is 0 Å². The maximum Gasteiger partial charge on any atom is 0.315 e. The zero-order chi connectivity index (χ0) is 31.4. The van der Waals surface area contributed by atoms with Crippen LogP contribution in [-0.4, -0.2) is 25.0 Å². The number of esters is 1. The van der Waals surface area contributed by atoms with Crippen LogP contribution in [0.2, 0.25) is 0 Å². The Morgan fingerprint density at radius 1 is 0.630 bits per heavy atom. The minimum Gasteiger partial charge on any atom is -0.744 e. The number of hydrogen-bond donors (Lipinski definition) is 0. The summed E-state index contributed by atoms with van der Waals surface area (Å²) in [6.07, 6.45) is 8.43. The SMILES string of the molecule is O=C(Oc1ccc(S(=O)(=O)[O-])c2c1CCCC2)C1C2c3ccccc3C(c3ccccc32)C1c1ccccc1OC1CCCCC1. The molecule has 46 heavy (non-hydrogen) atoms. The van der Waals surface area contributed by atoms with Gasteiger partial charge in [-0.2, -0.15) is 0 Å². The van der Waals surface area contributed by atoms with Crippen molar-refractivity contribution in [3.63, 3.8) is 0 Å². The molecule has 0 aromatic heterocycles. The highest BCUT2D eigenvalue weighted by Crippen LogP contribution is 2.62. The number of carbonyl (C=O) groups is 1. The van der Waals surface area contributed by atoms with Crippen LogP contribution in [0.5, 0.6) is 11.5 Å². The summed E-state index contributed by atoms with van der Waals surface area (Å²) >= 11 is 0. The molecule has 236 valence electrons. The van der Waals surface area contributed by atoms with Gasteiger partial charge < -0.3 is 14.0 Å². The molecule has 2 unspecified atom stereocenters. The van der Waals surface area contributed by atoms with Crippen molar-refractivity contribution in [2.75, 3.05) is 0 Å². The monoisotopic (exact) mass is 633 g/mol. The van der Waals surface area contributed by atoms with Crippen LogP contribution in [-0.2, 0) is 27.8 Å². The fraction of sp³-hybridized carbons (Fsp3) is 0.359. The quantitative estimate of drug-likeness (QED) is 0.122. The Bertz CT molecular complexity index is 1880. The molecule has 1 saturated carbocycles. The van der Waals surface area contributed by atoms with Gasteiger partial charge >= 0.3 is 5.97 Å². The van der Waals surface area contributed by atoms with Crippen molar-refractivity contribution in [2.24, 2.45) is 5.92 Å². The highest BCUT2D eigenvalue weighted by atomic mass is 32.2. The smallest absolute Gasteiger partial charge is 0.315 e. The lowest BCUT2D eigenvalue weighted by molar-refractivity contribution is -0.141. The van der Waals surface area contributed by atoms with Gasteiger partial charge in [0, 0.05) is 17.8 Å². The number of fused-ring (bicyclic) bond motifs is 2. The number of ether oxygens (including phenoxy) is 2. The predicted molar refractivity (Wildman–Crippen MR) is 173 cm³/mol. The highest BCUT2D eigenvalue weighted by Gasteiger charge is 2.54. The summed E-state index contributed by atoms with van der Waals surface area (Å²) < 4.78 is 49.4. The fourth-order valence-electron chi connectivity index (χ4n) is 8.87. The predicted octanol–water partition coefficient (Wildman–Crippen LogP) is 7.78. The minimum atomic E-state index is -4.65. The topological polar surface area (TPSA) is 92.7 Å². The van der Waals surface area contributed by atoms with Crippen molar-refractivity contribution in [3.8, 4) is 11.5 Å². The molecular formula is C39H37O6S-. The average molecular weight is 634 g/mol. The van der Waals surface area contributed by atoms with Crippen LogP contribution >= 0.6 is 0 Å². The molecule has 4 aromatic carbocycles. The third-order valence-corrected chi connectivity index (χ3v) is 11.7. The number of benzene rings is 4. The molecule has 5 aliphatic rings. The molecule has 0 amide bonds. The Morgan fingerprint density at radius 2 is 1.20 bits per heavy atom. The Balaban J connectivity index is 1.27. The van der Waals surface area contributed by atoms with Gasteiger partial charge in [-0.15, -0.1) is 0 Å². The van der Waals surface area contributed by atoms with Gasteiger partial charge in [0.15, 0.2) is 0 Å². The second kappa shape index (κ2) is 11.7. The van der Waals surface area contributed by atoms with E-state index in [0.717, 1.165) is 61.0 Å². The number of rotatable bonds is 6. The molecule has 0 radical (unpaired) electrons. The van der Waals surface area contributed by atoms with E-state index >= 15 is 0 Å².